The monoisotopic (exact) mass is 183 g/mol. The van der Waals surface area contributed by atoms with Crippen LogP contribution >= 0.6 is 0 Å². The van der Waals surface area contributed by atoms with Gasteiger partial charge in [-0.15, -0.1) is 0 Å². The Morgan fingerprint density at radius 2 is 2.31 bits per heavy atom. The van der Waals surface area contributed by atoms with Crippen molar-refractivity contribution in [3.63, 3.8) is 0 Å². The van der Waals surface area contributed by atoms with Crippen LogP contribution in [0.3, 0.4) is 0 Å². The molecule has 0 saturated heterocycles. The maximum atomic E-state index is 12.4. The highest BCUT2D eigenvalue weighted by atomic mass is 19.1. The summed E-state index contributed by atoms with van der Waals surface area (Å²) in [5, 5.41) is 3.00. The first-order valence-corrected chi connectivity index (χ1v) is 4.35. The van der Waals surface area contributed by atoms with Crippen LogP contribution in [0, 0.1) is 6.92 Å². The number of nitrogens with one attached hydrogen (secondary N) is 1. The van der Waals surface area contributed by atoms with E-state index in [0.29, 0.717) is 18.8 Å². The smallest absolute Gasteiger partial charge is 0.144 e. The lowest BCUT2D eigenvalue weighted by atomic mass is 10.3. The molecule has 13 heavy (non-hydrogen) atoms. The zero-order valence-corrected chi connectivity index (χ0v) is 7.92. The van der Waals surface area contributed by atoms with Crippen LogP contribution in [-0.4, -0.2) is 22.7 Å². The first-order chi connectivity index (χ1) is 6.18. The number of anilines is 1. The Morgan fingerprint density at radius 3 is 2.92 bits per heavy atom. The summed E-state index contributed by atoms with van der Waals surface area (Å²) in [5.74, 6) is 0.709. The number of alkyl halides is 1. The molecule has 1 atom stereocenters. The van der Waals surface area contributed by atoms with Crippen LogP contribution in [0.25, 0.3) is 0 Å². The van der Waals surface area contributed by atoms with Crippen molar-refractivity contribution >= 4 is 5.82 Å². The summed E-state index contributed by atoms with van der Waals surface area (Å²) in [6.07, 6.45) is 3.04. The number of nitrogens with zero attached hydrogens (tertiary/aromatic N) is 2. The Labute approximate surface area is 77.4 Å². The van der Waals surface area contributed by atoms with Gasteiger partial charge in [0.2, 0.25) is 0 Å². The molecular formula is C9H14FN3. The second-order valence-corrected chi connectivity index (χ2v) is 3.04. The van der Waals surface area contributed by atoms with Crippen molar-refractivity contribution in [2.45, 2.75) is 26.4 Å². The number of aromatic nitrogens is 2. The van der Waals surface area contributed by atoms with Crippen molar-refractivity contribution in [2.75, 3.05) is 11.9 Å². The second kappa shape index (κ2) is 4.74. The minimum absolute atomic E-state index is 0.496. The molecule has 3 nitrogen and oxygen atoms in total. The molecule has 0 amide bonds. The molecule has 0 spiro atoms. The van der Waals surface area contributed by atoms with Crippen molar-refractivity contribution in [3.8, 4) is 0 Å². The van der Waals surface area contributed by atoms with Gasteiger partial charge in [-0.05, 0) is 20.3 Å². The summed E-state index contributed by atoms with van der Waals surface area (Å²) in [7, 11) is 0. The summed E-state index contributed by atoms with van der Waals surface area (Å²) >= 11 is 0. The van der Waals surface area contributed by atoms with Gasteiger partial charge in [-0.1, -0.05) is 0 Å². The number of halogens is 1. The van der Waals surface area contributed by atoms with Gasteiger partial charge in [0.25, 0.3) is 0 Å². The fourth-order valence-electron chi connectivity index (χ4n) is 0.948. The maximum absolute atomic E-state index is 12.4. The highest BCUT2D eigenvalue weighted by molar-refractivity contribution is 5.31. The average molecular weight is 183 g/mol. The molecule has 0 aromatic carbocycles. The molecule has 0 fully saturated rings. The summed E-state index contributed by atoms with van der Waals surface area (Å²) in [5.41, 5.74) is 0.860. The molecule has 0 saturated carbocycles. The minimum atomic E-state index is -0.773. The van der Waals surface area contributed by atoms with Crippen molar-refractivity contribution in [3.05, 3.63) is 18.1 Å². The Kier molecular flexibility index (Phi) is 3.61. The van der Waals surface area contributed by atoms with E-state index in [2.05, 4.69) is 15.3 Å². The summed E-state index contributed by atoms with van der Waals surface area (Å²) in [6.45, 7) is 4.01. The van der Waals surface area contributed by atoms with E-state index < -0.39 is 6.17 Å². The molecule has 1 unspecified atom stereocenters. The van der Waals surface area contributed by atoms with Crippen molar-refractivity contribution in [2.24, 2.45) is 0 Å². The zero-order valence-electron chi connectivity index (χ0n) is 7.92. The maximum Gasteiger partial charge on any atom is 0.144 e. The lowest BCUT2D eigenvalue weighted by Gasteiger charge is -2.05. The van der Waals surface area contributed by atoms with Crippen LogP contribution in [-0.2, 0) is 0 Å². The van der Waals surface area contributed by atoms with Crippen LogP contribution in [0.5, 0.6) is 0 Å². The standard InChI is InChI=1S/C9H14FN3/c1-7(10)3-4-12-9-6-11-5-8(2)13-9/h5-7H,3-4H2,1-2H3,(H,12,13). The molecule has 0 aliphatic carbocycles. The van der Waals surface area contributed by atoms with E-state index in [9.17, 15) is 4.39 Å². The fraction of sp³-hybridized carbons (Fsp3) is 0.556. The predicted molar refractivity (Wildman–Crippen MR) is 50.4 cm³/mol. The fourth-order valence-corrected chi connectivity index (χ4v) is 0.948. The molecule has 1 heterocycles. The highest BCUT2D eigenvalue weighted by Crippen LogP contribution is 2.02. The van der Waals surface area contributed by atoms with E-state index in [4.69, 9.17) is 0 Å². The largest absolute Gasteiger partial charge is 0.369 e. The molecule has 0 bridgehead atoms. The third-order valence-corrected chi connectivity index (χ3v) is 1.60. The first-order valence-electron chi connectivity index (χ1n) is 4.35. The van der Waals surface area contributed by atoms with Crippen molar-refractivity contribution < 1.29 is 4.39 Å². The van der Waals surface area contributed by atoms with Crippen LogP contribution in [0.15, 0.2) is 12.4 Å². The quantitative estimate of drug-likeness (QED) is 0.775. The molecule has 1 rings (SSSR count). The van der Waals surface area contributed by atoms with E-state index in [-0.39, 0.29) is 0 Å². The van der Waals surface area contributed by atoms with Gasteiger partial charge in [0, 0.05) is 12.7 Å². The number of hydrogen-bond donors (Lipinski definition) is 1. The van der Waals surface area contributed by atoms with E-state index in [1.807, 2.05) is 6.92 Å². The van der Waals surface area contributed by atoms with Crippen LogP contribution in [0.2, 0.25) is 0 Å². The molecule has 1 aromatic rings. The normalized spacial score (nSPS) is 12.5. The summed E-state index contributed by atoms with van der Waals surface area (Å²) < 4.78 is 12.4. The van der Waals surface area contributed by atoms with E-state index in [0.717, 1.165) is 5.69 Å². The Hall–Kier alpha value is -1.19. The molecule has 4 heteroatoms. The van der Waals surface area contributed by atoms with Gasteiger partial charge in [0.05, 0.1) is 18.1 Å². The van der Waals surface area contributed by atoms with Gasteiger partial charge in [-0.25, -0.2) is 9.37 Å². The lowest BCUT2D eigenvalue weighted by molar-refractivity contribution is 0.348. The van der Waals surface area contributed by atoms with Gasteiger partial charge >= 0.3 is 0 Å². The van der Waals surface area contributed by atoms with Gasteiger partial charge in [0.15, 0.2) is 0 Å². The first kappa shape index (κ1) is 9.89. The minimum Gasteiger partial charge on any atom is -0.369 e. The van der Waals surface area contributed by atoms with Gasteiger partial charge in [-0.2, -0.15) is 0 Å². The van der Waals surface area contributed by atoms with E-state index >= 15 is 0 Å². The molecule has 0 radical (unpaired) electrons. The molecule has 0 aliphatic rings. The average Bonchev–Trinajstić information content (AvgIpc) is 2.03. The van der Waals surface area contributed by atoms with E-state index in [1.165, 1.54) is 0 Å². The van der Waals surface area contributed by atoms with Crippen molar-refractivity contribution in [1.82, 2.24) is 9.97 Å². The highest BCUT2D eigenvalue weighted by Gasteiger charge is 1.98. The molecule has 1 N–H and O–H groups in total. The topological polar surface area (TPSA) is 37.8 Å². The third kappa shape index (κ3) is 3.83. The predicted octanol–water partition coefficient (Wildman–Crippen LogP) is 1.95. The number of aryl methyl sites for hydroxylation is 1. The molecule has 0 aliphatic heterocycles. The molecule has 1 aromatic heterocycles. The Balaban J connectivity index is 2.37. The van der Waals surface area contributed by atoms with Gasteiger partial charge in [-0.3, -0.25) is 4.98 Å². The summed E-state index contributed by atoms with van der Waals surface area (Å²) in [4.78, 5) is 8.14. The zero-order chi connectivity index (χ0) is 9.68. The molecular weight excluding hydrogens is 169 g/mol. The van der Waals surface area contributed by atoms with Crippen LogP contribution in [0.4, 0.5) is 10.2 Å². The van der Waals surface area contributed by atoms with Crippen LogP contribution in [0.1, 0.15) is 19.0 Å². The van der Waals surface area contributed by atoms with Crippen molar-refractivity contribution in [1.29, 1.82) is 0 Å². The number of hydrogen-bond acceptors (Lipinski definition) is 3. The summed E-state index contributed by atoms with van der Waals surface area (Å²) in [6, 6.07) is 0. The van der Waals surface area contributed by atoms with Gasteiger partial charge in [0.1, 0.15) is 5.82 Å². The van der Waals surface area contributed by atoms with E-state index in [1.54, 1.807) is 19.3 Å². The SMILES string of the molecule is Cc1cncc(NCCC(C)F)n1. The Bertz CT molecular complexity index is 263. The number of rotatable bonds is 4. The van der Waals surface area contributed by atoms with Crippen LogP contribution < -0.4 is 5.32 Å². The third-order valence-electron chi connectivity index (χ3n) is 1.60. The van der Waals surface area contributed by atoms with Gasteiger partial charge < -0.3 is 5.32 Å². The Morgan fingerprint density at radius 1 is 1.54 bits per heavy atom. The second-order valence-electron chi connectivity index (χ2n) is 3.04. The molecule has 72 valence electrons. The lowest BCUT2D eigenvalue weighted by Crippen LogP contribution is -2.08.